The minimum absolute atomic E-state index is 0.691. The monoisotopic (exact) mass is 318 g/mol. The first kappa shape index (κ1) is 14.1. The van der Waals surface area contributed by atoms with Crippen molar-refractivity contribution >= 4 is 3.21 Å². The Balaban J connectivity index is 2.52. The number of rotatable bonds is 2. The van der Waals surface area contributed by atoms with E-state index in [1.807, 2.05) is 3.28 Å². The molecule has 2 aliphatic rings. The third-order valence-corrected chi connectivity index (χ3v) is 12.8. The molecule has 0 bridgehead atoms. The average Bonchev–Trinajstić information content (AvgIpc) is 2.89. The van der Waals surface area contributed by atoms with Crippen molar-refractivity contribution in [1.29, 1.82) is 0 Å². The zero-order chi connectivity index (χ0) is 13.4. The zero-order valence-corrected chi connectivity index (χ0v) is 15.0. The van der Waals surface area contributed by atoms with Crippen LogP contribution in [0.4, 0.5) is 0 Å². The summed E-state index contributed by atoms with van der Waals surface area (Å²) in [5.41, 5.74) is 4.78. The van der Waals surface area contributed by atoms with Crippen LogP contribution in [0.2, 0.25) is 0 Å². The maximum atomic E-state index is 2.41. The van der Waals surface area contributed by atoms with Crippen LogP contribution < -0.4 is 0 Å². The molecule has 18 heavy (non-hydrogen) atoms. The van der Waals surface area contributed by atoms with Crippen LogP contribution in [-0.4, -0.2) is 3.21 Å². The van der Waals surface area contributed by atoms with E-state index in [9.17, 15) is 0 Å². The van der Waals surface area contributed by atoms with Gasteiger partial charge in [-0.1, -0.05) is 0 Å². The normalized spacial score (nSPS) is 23.0. The topological polar surface area (TPSA) is 0 Å². The van der Waals surface area contributed by atoms with E-state index in [0.717, 1.165) is 0 Å². The van der Waals surface area contributed by atoms with Crippen molar-refractivity contribution in [2.75, 3.05) is 0 Å². The predicted molar refractivity (Wildman–Crippen MR) is 78.4 cm³/mol. The Bertz CT molecular complexity index is 532. The van der Waals surface area contributed by atoms with E-state index in [-0.39, 0.29) is 0 Å². The predicted octanol–water partition coefficient (Wildman–Crippen LogP) is 4.92. The van der Waals surface area contributed by atoms with E-state index in [4.69, 9.17) is 0 Å². The molecule has 1 atom stereocenters. The fourth-order valence-electron chi connectivity index (χ4n) is 3.16. The number of allylic oxidation sites excluding steroid dienone is 8. The molecule has 0 radical (unpaired) electrons. The molecule has 96 valence electrons. The molecule has 0 aliphatic heterocycles. The van der Waals surface area contributed by atoms with Crippen LogP contribution in [-0.2, 0) is 21.3 Å². The molecule has 0 saturated carbocycles. The zero-order valence-electron chi connectivity index (χ0n) is 12.5. The quantitative estimate of drug-likeness (QED) is 0.677. The molecule has 2 aliphatic carbocycles. The SMILES string of the molecule is CC1=C(C)C(C)[C]([Zr]([C]2=CC=CC2)=[C](C)C)=C1C. The van der Waals surface area contributed by atoms with Gasteiger partial charge in [-0.3, -0.25) is 0 Å². The van der Waals surface area contributed by atoms with Crippen LogP contribution >= 0.6 is 0 Å². The standard InChI is InChI=1S/C9H13.C5H5.C3H6.Zr/c1-6-5-7(2)9(4)8(6)3;1-2-4-5-3-1;1-3-2;/h6H,1-4H3;1-3H,4H2;1-2H3;. The first-order valence-corrected chi connectivity index (χ1v) is 10.6. The molecule has 0 spiro atoms. The maximum absolute atomic E-state index is 2.41. The second kappa shape index (κ2) is 5.37. The van der Waals surface area contributed by atoms with Gasteiger partial charge in [0.15, 0.2) is 0 Å². The Hall–Kier alpha value is -0.287. The molecular weight excluding hydrogens is 295 g/mol. The van der Waals surface area contributed by atoms with Gasteiger partial charge < -0.3 is 0 Å². The Morgan fingerprint density at radius 3 is 2.22 bits per heavy atom. The van der Waals surface area contributed by atoms with Crippen LogP contribution in [0, 0.1) is 5.92 Å². The van der Waals surface area contributed by atoms with E-state index in [0.29, 0.717) is 5.92 Å². The molecule has 0 saturated heterocycles. The summed E-state index contributed by atoms with van der Waals surface area (Å²) in [6.45, 7) is 14.1. The Morgan fingerprint density at radius 1 is 1.17 bits per heavy atom. The van der Waals surface area contributed by atoms with Crippen LogP contribution in [0.5, 0.6) is 0 Å². The van der Waals surface area contributed by atoms with Gasteiger partial charge in [0, 0.05) is 0 Å². The Morgan fingerprint density at radius 2 is 1.83 bits per heavy atom. The van der Waals surface area contributed by atoms with Crippen LogP contribution in [0.3, 0.4) is 0 Å². The molecule has 0 amide bonds. The summed E-state index contributed by atoms with van der Waals surface area (Å²) in [6, 6.07) is 0. The second-order valence-electron chi connectivity index (χ2n) is 5.77. The van der Waals surface area contributed by atoms with Gasteiger partial charge >= 0.3 is 120 Å². The van der Waals surface area contributed by atoms with Crippen LogP contribution in [0.1, 0.15) is 48.0 Å². The van der Waals surface area contributed by atoms with E-state index < -0.39 is 21.3 Å². The van der Waals surface area contributed by atoms with Gasteiger partial charge in [0.2, 0.25) is 0 Å². The molecule has 0 aromatic carbocycles. The van der Waals surface area contributed by atoms with Gasteiger partial charge in [0.05, 0.1) is 0 Å². The molecule has 1 unspecified atom stereocenters. The van der Waals surface area contributed by atoms with E-state index in [1.165, 1.54) is 6.42 Å². The third-order valence-electron chi connectivity index (χ3n) is 4.50. The fraction of sp³-hybridized carbons (Fsp3) is 0.471. The molecule has 0 aromatic rings. The Kier molecular flexibility index (Phi) is 4.22. The van der Waals surface area contributed by atoms with Gasteiger partial charge in [-0.05, 0) is 0 Å². The molecule has 0 N–H and O–H groups in total. The Labute approximate surface area is 119 Å². The van der Waals surface area contributed by atoms with Gasteiger partial charge in [-0.2, -0.15) is 0 Å². The molecule has 1 heteroatoms. The van der Waals surface area contributed by atoms with Crippen molar-refractivity contribution in [3.8, 4) is 0 Å². The minimum atomic E-state index is -1.72. The van der Waals surface area contributed by atoms with Gasteiger partial charge in [0.1, 0.15) is 0 Å². The first-order chi connectivity index (χ1) is 8.45. The number of hydrogen-bond donors (Lipinski definition) is 0. The average molecular weight is 320 g/mol. The molecule has 0 nitrogen and oxygen atoms in total. The van der Waals surface area contributed by atoms with E-state index in [2.05, 4.69) is 59.8 Å². The summed E-state index contributed by atoms with van der Waals surface area (Å²) in [5.74, 6) is 0.691. The fourth-order valence-corrected chi connectivity index (χ4v) is 11.3. The van der Waals surface area contributed by atoms with Crippen molar-refractivity contribution in [2.45, 2.75) is 48.0 Å². The van der Waals surface area contributed by atoms with Gasteiger partial charge in [-0.15, -0.1) is 0 Å². The molecule has 0 aromatic heterocycles. The summed E-state index contributed by atoms with van der Waals surface area (Å²) in [6.07, 6.45) is 8.18. The van der Waals surface area contributed by atoms with E-state index >= 15 is 0 Å². The summed E-state index contributed by atoms with van der Waals surface area (Å²) in [5, 5.41) is 0. The summed E-state index contributed by atoms with van der Waals surface area (Å²) in [7, 11) is 0. The van der Waals surface area contributed by atoms with Gasteiger partial charge in [0.25, 0.3) is 0 Å². The van der Waals surface area contributed by atoms with Crippen molar-refractivity contribution in [3.05, 3.63) is 41.5 Å². The van der Waals surface area contributed by atoms with Crippen molar-refractivity contribution in [3.63, 3.8) is 0 Å². The third kappa shape index (κ3) is 2.27. The summed E-state index contributed by atoms with van der Waals surface area (Å²) >= 11 is -1.72. The molecule has 0 heterocycles. The van der Waals surface area contributed by atoms with Crippen molar-refractivity contribution in [1.82, 2.24) is 0 Å². The second-order valence-corrected chi connectivity index (χ2v) is 13.0. The van der Waals surface area contributed by atoms with Crippen LogP contribution in [0.25, 0.3) is 0 Å². The molecular formula is C17H24Zr. The molecule has 2 rings (SSSR count). The molecule has 0 fully saturated rings. The first-order valence-electron chi connectivity index (χ1n) is 6.87. The van der Waals surface area contributed by atoms with Crippen molar-refractivity contribution in [2.24, 2.45) is 5.92 Å². The van der Waals surface area contributed by atoms with E-state index in [1.54, 1.807) is 23.2 Å². The number of hydrogen-bond acceptors (Lipinski definition) is 0. The summed E-state index contributed by atoms with van der Waals surface area (Å²) in [4.78, 5) is 0. The van der Waals surface area contributed by atoms with Gasteiger partial charge in [-0.25, -0.2) is 0 Å². The van der Waals surface area contributed by atoms with Crippen LogP contribution in [0.15, 0.2) is 41.5 Å². The van der Waals surface area contributed by atoms with Crippen molar-refractivity contribution < 1.29 is 21.3 Å². The summed E-state index contributed by atoms with van der Waals surface area (Å²) < 4.78 is 5.32.